The third-order valence-electron chi connectivity index (χ3n) is 6.51. The molecule has 12 nitrogen and oxygen atoms in total. The number of carbonyl (C=O) groups excluding carboxylic acids is 3. The first kappa shape index (κ1) is 32.9. The van der Waals surface area contributed by atoms with Crippen molar-refractivity contribution in [1.82, 2.24) is 0 Å². The zero-order valence-electron chi connectivity index (χ0n) is 25.9. The maximum absolute atomic E-state index is 12.8. The van der Waals surface area contributed by atoms with Crippen LogP contribution in [0.2, 0.25) is 0 Å². The smallest absolute Gasteiger partial charge is 0.348 e. The van der Waals surface area contributed by atoms with E-state index in [2.05, 4.69) is 20.5 Å². The summed E-state index contributed by atoms with van der Waals surface area (Å²) in [5.41, 5.74) is 3.79. The van der Waals surface area contributed by atoms with Crippen molar-refractivity contribution in [2.45, 2.75) is 12.8 Å². The highest BCUT2D eigenvalue weighted by Crippen LogP contribution is 2.26. The molecule has 0 aliphatic rings. The van der Waals surface area contributed by atoms with Gasteiger partial charge >= 0.3 is 17.9 Å². The van der Waals surface area contributed by atoms with Gasteiger partial charge in [-0.1, -0.05) is 24.3 Å². The van der Waals surface area contributed by atoms with Crippen LogP contribution < -0.4 is 9.80 Å². The van der Waals surface area contributed by atoms with Crippen LogP contribution in [0.4, 0.5) is 34.1 Å². The van der Waals surface area contributed by atoms with Crippen LogP contribution in [0.25, 0.3) is 0 Å². The molecular formula is C34H33N7O5. The van der Waals surface area contributed by atoms with Crippen molar-refractivity contribution < 1.29 is 23.9 Å². The van der Waals surface area contributed by atoms with E-state index in [1.807, 2.05) is 62.3 Å². The second-order valence-electron chi connectivity index (χ2n) is 10.3. The summed E-state index contributed by atoms with van der Waals surface area (Å²) in [7, 11) is 7.72. The highest BCUT2D eigenvalue weighted by atomic mass is 16.6. The van der Waals surface area contributed by atoms with E-state index in [9.17, 15) is 14.4 Å². The Morgan fingerprint density at radius 2 is 0.978 bits per heavy atom. The van der Waals surface area contributed by atoms with Gasteiger partial charge in [0.15, 0.2) is 5.90 Å². The maximum atomic E-state index is 12.8. The van der Waals surface area contributed by atoms with Crippen LogP contribution in [-0.4, -0.2) is 52.0 Å². The van der Waals surface area contributed by atoms with E-state index < -0.39 is 23.8 Å². The fraction of sp³-hybridized carbons (Fsp3) is 0.176. The predicted octanol–water partition coefficient (Wildman–Crippen LogP) is 7.95. The van der Waals surface area contributed by atoms with E-state index in [1.165, 1.54) is 12.1 Å². The van der Waals surface area contributed by atoms with Gasteiger partial charge in [-0.15, -0.1) is 10.2 Å². The van der Waals surface area contributed by atoms with Crippen molar-refractivity contribution in [3.63, 3.8) is 0 Å². The van der Waals surface area contributed by atoms with Crippen molar-refractivity contribution in [2.75, 3.05) is 38.0 Å². The molecule has 0 aliphatic carbocycles. The van der Waals surface area contributed by atoms with Crippen molar-refractivity contribution in [3.05, 3.63) is 108 Å². The largest absolute Gasteiger partial charge is 0.409 e. The first-order chi connectivity index (χ1) is 22.1. The molecule has 0 aromatic heterocycles. The number of esters is 3. The summed E-state index contributed by atoms with van der Waals surface area (Å²) < 4.78 is 10.1. The van der Waals surface area contributed by atoms with Gasteiger partial charge in [-0.05, 0) is 72.8 Å². The molecule has 0 heterocycles. The number of rotatable bonds is 11. The van der Waals surface area contributed by atoms with Gasteiger partial charge in [0.25, 0.3) is 0 Å². The molecular weight excluding hydrogens is 586 g/mol. The standard InChI is InChI=1S/C34H33N7O5/c1-40(2)25-17-13-23(14-18-25)36-38-29-11-7-5-9-27(29)33(43)45-31(35)21-22-32(42)46-34(44)28-10-6-8-12-30(28)39-37-24-15-19-26(20-16-24)41(3)4/h5-20,35H,21-22H2,1-4H3/b35-31?,38-36+,39-37+. The highest BCUT2D eigenvalue weighted by molar-refractivity contribution is 6.03. The van der Waals surface area contributed by atoms with E-state index in [0.717, 1.165) is 11.4 Å². The number of nitrogens with one attached hydrogen (secondary N) is 1. The lowest BCUT2D eigenvalue weighted by molar-refractivity contribution is -0.137. The van der Waals surface area contributed by atoms with Crippen molar-refractivity contribution in [1.29, 1.82) is 5.41 Å². The topological polar surface area (TPSA) is 149 Å². The fourth-order valence-electron chi connectivity index (χ4n) is 3.97. The van der Waals surface area contributed by atoms with E-state index in [4.69, 9.17) is 14.9 Å². The molecule has 0 saturated heterocycles. The van der Waals surface area contributed by atoms with Gasteiger partial charge in [0.2, 0.25) is 0 Å². The molecule has 0 spiro atoms. The molecule has 0 amide bonds. The van der Waals surface area contributed by atoms with Crippen LogP contribution in [-0.2, 0) is 14.3 Å². The summed E-state index contributed by atoms with van der Waals surface area (Å²) in [5.74, 6) is -3.12. The van der Waals surface area contributed by atoms with Crippen molar-refractivity contribution in [3.8, 4) is 0 Å². The summed E-state index contributed by atoms with van der Waals surface area (Å²) in [6, 6.07) is 27.5. The third kappa shape index (κ3) is 9.23. The van der Waals surface area contributed by atoms with E-state index in [0.29, 0.717) is 11.4 Å². The predicted molar refractivity (Wildman–Crippen MR) is 176 cm³/mol. The van der Waals surface area contributed by atoms with Gasteiger partial charge in [-0.25, -0.2) is 9.59 Å². The van der Waals surface area contributed by atoms with E-state index >= 15 is 0 Å². The summed E-state index contributed by atoms with van der Waals surface area (Å²) >= 11 is 0. The molecule has 234 valence electrons. The Morgan fingerprint density at radius 3 is 1.41 bits per heavy atom. The van der Waals surface area contributed by atoms with Gasteiger partial charge in [-0.2, -0.15) is 10.2 Å². The Hall–Kier alpha value is -6.04. The highest BCUT2D eigenvalue weighted by Gasteiger charge is 2.19. The van der Waals surface area contributed by atoms with Crippen LogP contribution in [0.5, 0.6) is 0 Å². The Bertz CT molecular complexity index is 1630. The molecule has 0 bridgehead atoms. The molecule has 12 heteroatoms. The minimum Gasteiger partial charge on any atom is -0.409 e. The Labute approximate surface area is 266 Å². The first-order valence-electron chi connectivity index (χ1n) is 14.2. The normalized spacial score (nSPS) is 11.0. The van der Waals surface area contributed by atoms with Crippen LogP contribution >= 0.6 is 0 Å². The molecule has 0 saturated carbocycles. The van der Waals surface area contributed by atoms with Gasteiger partial charge in [0.1, 0.15) is 11.4 Å². The summed E-state index contributed by atoms with van der Waals surface area (Å²) in [4.78, 5) is 41.9. The minimum absolute atomic E-state index is 0.0467. The Kier molecular flexibility index (Phi) is 11.2. The molecule has 46 heavy (non-hydrogen) atoms. The molecule has 4 aromatic carbocycles. The molecule has 0 atom stereocenters. The lowest BCUT2D eigenvalue weighted by Crippen LogP contribution is -2.16. The van der Waals surface area contributed by atoms with Gasteiger partial charge in [0, 0.05) is 46.0 Å². The van der Waals surface area contributed by atoms with Crippen LogP contribution in [0.3, 0.4) is 0 Å². The maximum Gasteiger partial charge on any atom is 0.348 e. The van der Waals surface area contributed by atoms with Crippen molar-refractivity contribution >= 4 is 57.9 Å². The quantitative estimate of drug-likeness (QED) is 0.0588. The monoisotopic (exact) mass is 619 g/mol. The minimum atomic E-state index is -0.915. The Morgan fingerprint density at radius 1 is 0.565 bits per heavy atom. The van der Waals surface area contributed by atoms with E-state index in [-0.39, 0.29) is 35.3 Å². The summed E-state index contributed by atoms with van der Waals surface area (Å²) in [5, 5.41) is 24.7. The second kappa shape index (κ2) is 15.6. The average molecular weight is 620 g/mol. The fourth-order valence-corrected chi connectivity index (χ4v) is 3.97. The molecule has 0 unspecified atom stereocenters. The molecule has 0 aliphatic heterocycles. The lowest BCUT2D eigenvalue weighted by atomic mass is 10.2. The number of benzene rings is 4. The number of hydrogen-bond acceptors (Lipinski definition) is 12. The van der Waals surface area contributed by atoms with Gasteiger partial charge in [-0.3, -0.25) is 10.2 Å². The summed E-state index contributed by atoms with van der Waals surface area (Å²) in [6.45, 7) is 0. The molecule has 1 N–H and O–H groups in total. The lowest BCUT2D eigenvalue weighted by Gasteiger charge is -2.11. The number of nitrogens with zero attached hydrogens (tertiary/aromatic N) is 6. The first-order valence-corrected chi connectivity index (χ1v) is 14.2. The number of hydrogen-bond donors (Lipinski definition) is 1. The molecule has 0 radical (unpaired) electrons. The second-order valence-corrected chi connectivity index (χ2v) is 10.3. The van der Waals surface area contributed by atoms with Crippen LogP contribution in [0.15, 0.2) is 118 Å². The number of azo groups is 2. The zero-order chi connectivity index (χ0) is 33.1. The summed E-state index contributed by atoms with van der Waals surface area (Å²) in [6.07, 6.45) is -0.645. The zero-order valence-corrected chi connectivity index (χ0v) is 25.9. The number of carbonyl (C=O) groups is 3. The SMILES string of the molecule is CN(C)c1ccc(/N=N/c2ccccc2C(=O)OC(=N)CCC(=O)OC(=O)c2ccccc2/N=N/c2ccc(N(C)C)cc2)cc1. The van der Waals surface area contributed by atoms with Gasteiger partial charge < -0.3 is 19.3 Å². The molecule has 4 rings (SSSR count). The molecule has 4 aromatic rings. The number of anilines is 2. The van der Waals surface area contributed by atoms with Crippen molar-refractivity contribution in [2.24, 2.45) is 20.5 Å². The van der Waals surface area contributed by atoms with Crippen LogP contribution in [0, 0.1) is 5.41 Å². The Balaban J connectivity index is 1.31. The van der Waals surface area contributed by atoms with Gasteiger partial charge in [0.05, 0.1) is 28.9 Å². The van der Waals surface area contributed by atoms with Crippen LogP contribution in [0.1, 0.15) is 33.6 Å². The third-order valence-corrected chi connectivity index (χ3v) is 6.51. The van der Waals surface area contributed by atoms with E-state index in [1.54, 1.807) is 60.7 Å². The average Bonchev–Trinajstić information content (AvgIpc) is 3.06. The molecule has 0 fully saturated rings. The number of ether oxygens (including phenoxy) is 2.